The van der Waals surface area contributed by atoms with Gasteiger partial charge in [-0.15, -0.1) is 0 Å². The molecule has 1 amide bonds. The van der Waals surface area contributed by atoms with Crippen LogP contribution in [0, 0.1) is 6.92 Å². The number of hydrogen-bond acceptors (Lipinski definition) is 4. The molecule has 1 saturated heterocycles. The second-order valence-corrected chi connectivity index (χ2v) is 8.03. The van der Waals surface area contributed by atoms with Gasteiger partial charge in [-0.1, -0.05) is 58.4 Å². The molecule has 1 unspecified atom stereocenters. The van der Waals surface area contributed by atoms with Gasteiger partial charge in [0.1, 0.15) is 5.76 Å². The number of halogens is 1. The van der Waals surface area contributed by atoms with Gasteiger partial charge in [0.2, 0.25) is 0 Å². The number of aryl methyl sites for hydroxylation is 1. The summed E-state index contributed by atoms with van der Waals surface area (Å²) < 4.78 is 0.852. The Bertz CT molecular complexity index is 1140. The Labute approximate surface area is 182 Å². The number of carbonyl (C=O) groups excluding carboxylic acids is 2. The van der Waals surface area contributed by atoms with Gasteiger partial charge in [-0.2, -0.15) is 0 Å². The molecular formula is C24H19BrN2O3. The lowest BCUT2D eigenvalue weighted by molar-refractivity contribution is -0.140. The summed E-state index contributed by atoms with van der Waals surface area (Å²) in [6, 6.07) is 19.3. The van der Waals surface area contributed by atoms with E-state index >= 15 is 0 Å². The van der Waals surface area contributed by atoms with Gasteiger partial charge < -0.3 is 10.0 Å². The first kappa shape index (κ1) is 20.0. The molecule has 6 heteroatoms. The summed E-state index contributed by atoms with van der Waals surface area (Å²) in [5.41, 5.74) is 2.96. The lowest BCUT2D eigenvalue weighted by Crippen LogP contribution is -2.29. The van der Waals surface area contributed by atoms with Crippen molar-refractivity contribution in [3.8, 4) is 0 Å². The summed E-state index contributed by atoms with van der Waals surface area (Å²) >= 11 is 3.37. The molecule has 4 rings (SSSR count). The van der Waals surface area contributed by atoms with Crippen LogP contribution in [-0.4, -0.2) is 26.7 Å². The summed E-state index contributed by atoms with van der Waals surface area (Å²) in [5, 5.41) is 11.1. The van der Waals surface area contributed by atoms with Crippen molar-refractivity contribution >= 4 is 33.4 Å². The van der Waals surface area contributed by atoms with E-state index in [0.717, 1.165) is 15.6 Å². The number of aromatic nitrogens is 1. The van der Waals surface area contributed by atoms with Gasteiger partial charge in [0, 0.05) is 16.2 Å². The molecule has 1 fully saturated rings. The van der Waals surface area contributed by atoms with E-state index in [1.165, 1.54) is 4.90 Å². The standard InChI is InChI=1S/C24H19BrN2O3/c1-15-6-2-3-8-19(15)21-20(22(28)16-9-11-17(25)12-10-16)23(29)24(30)27(21)14-18-7-4-5-13-26-18/h2-13,21,28H,14H2,1H3/b22-20+. The third-order valence-electron chi connectivity index (χ3n) is 5.20. The van der Waals surface area contributed by atoms with E-state index in [9.17, 15) is 14.7 Å². The van der Waals surface area contributed by atoms with Crippen LogP contribution in [0.4, 0.5) is 0 Å². The second-order valence-electron chi connectivity index (χ2n) is 7.11. The van der Waals surface area contributed by atoms with E-state index in [4.69, 9.17) is 0 Å². The highest BCUT2D eigenvalue weighted by Crippen LogP contribution is 2.41. The number of hydrogen-bond donors (Lipinski definition) is 1. The van der Waals surface area contributed by atoms with E-state index < -0.39 is 17.7 Å². The first-order valence-corrected chi connectivity index (χ1v) is 10.3. The largest absolute Gasteiger partial charge is 0.507 e. The maximum Gasteiger partial charge on any atom is 0.296 e. The Morgan fingerprint density at radius 2 is 1.73 bits per heavy atom. The number of aliphatic hydroxyl groups excluding tert-OH is 1. The molecule has 0 radical (unpaired) electrons. The molecule has 30 heavy (non-hydrogen) atoms. The Morgan fingerprint density at radius 1 is 1.03 bits per heavy atom. The molecular weight excluding hydrogens is 444 g/mol. The number of nitrogens with zero attached hydrogens (tertiary/aromatic N) is 2. The van der Waals surface area contributed by atoms with E-state index in [2.05, 4.69) is 20.9 Å². The molecule has 0 saturated carbocycles. The number of aliphatic hydroxyl groups is 1. The summed E-state index contributed by atoms with van der Waals surface area (Å²) in [4.78, 5) is 31.8. The summed E-state index contributed by atoms with van der Waals surface area (Å²) in [5.74, 6) is -1.52. The Kier molecular flexibility index (Phi) is 5.50. The van der Waals surface area contributed by atoms with E-state index in [0.29, 0.717) is 11.3 Å². The fourth-order valence-electron chi connectivity index (χ4n) is 3.69. The molecule has 1 aromatic heterocycles. The number of carbonyl (C=O) groups is 2. The molecule has 1 atom stereocenters. The smallest absolute Gasteiger partial charge is 0.296 e. The topological polar surface area (TPSA) is 70.5 Å². The second kappa shape index (κ2) is 8.24. The van der Waals surface area contributed by atoms with Crippen molar-refractivity contribution in [1.82, 2.24) is 9.88 Å². The number of ketones is 1. The number of rotatable bonds is 4. The number of Topliss-reactive ketones (excluding diaryl/α,β-unsaturated/α-hetero) is 1. The zero-order chi connectivity index (χ0) is 21.3. The Morgan fingerprint density at radius 3 is 2.40 bits per heavy atom. The van der Waals surface area contributed by atoms with Crippen LogP contribution in [0.15, 0.2) is 83.0 Å². The maximum atomic E-state index is 13.0. The molecule has 0 spiro atoms. The molecule has 3 aromatic rings. The van der Waals surface area contributed by atoms with Gasteiger partial charge in [0.25, 0.3) is 11.7 Å². The highest BCUT2D eigenvalue weighted by molar-refractivity contribution is 9.10. The zero-order valence-corrected chi connectivity index (χ0v) is 17.8. The molecule has 0 aliphatic carbocycles. The first-order valence-electron chi connectivity index (χ1n) is 9.47. The van der Waals surface area contributed by atoms with Crippen molar-refractivity contribution in [2.45, 2.75) is 19.5 Å². The van der Waals surface area contributed by atoms with Crippen molar-refractivity contribution in [3.63, 3.8) is 0 Å². The average Bonchev–Trinajstić information content (AvgIpc) is 3.00. The number of pyridine rings is 1. The first-order chi connectivity index (χ1) is 14.5. The van der Waals surface area contributed by atoms with Gasteiger partial charge in [-0.25, -0.2) is 0 Å². The van der Waals surface area contributed by atoms with E-state index in [1.807, 2.05) is 43.3 Å². The van der Waals surface area contributed by atoms with Gasteiger partial charge in [-0.05, 0) is 42.3 Å². The molecule has 1 aliphatic heterocycles. The predicted molar refractivity (Wildman–Crippen MR) is 117 cm³/mol. The van der Waals surface area contributed by atoms with Crippen LogP contribution in [0.3, 0.4) is 0 Å². The average molecular weight is 463 g/mol. The van der Waals surface area contributed by atoms with Crippen LogP contribution in [0.2, 0.25) is 0 Å². The number of benzene rings is 2. The minimum Gasteiger partial charge on any atom is -0.507 e. The monoisotopic (exact) mass is 462 g/mol. The molecule has 2 heterocycles. The van der Waals surface area contributed by atoms with Gasteiger partial charge >= 0.3 is 0 Å². The van der Waals surface area contributed by atoms with Crippen molar-refractivity contribution in [3.05, 3.63) is 105 Å². The molecule has 1 aliphatic rings. The van der Waals surface area contributed by atoms with Crippen molar-refractivity contribution in [2.75, 3.05) is 0 Å². The van der Waals surface area contributed by atoms with Crippen LogP contribution in [0.1, 0.15) is 28.4 Å². The number of likely N-dealkylation sites (tertiary alicyclic amines) is 1. The summed E-state index contributed by atoms with van der Waals surface area (Å²) in [6.45, 7) is 2.09. The summed E-state index contributed by atoms with van der Waals surface area (Å²) in [6.07, 6.45) is 1.65. The molecule has 1 N–H and O–H groups in total. The van der Waals surface area contributed by atoms with Gasteiger partial charge in [0.15, 0.2) is 0 Å². The molecule has 2 aromatic carbocycles. The highest BCUT2D eigenvalue weighted by Gasteiger charge is 2.46. The lowest BCUT2D eigenvalue weighted by atomic mass is 9.92. The fraction of sp³-hybridized carbons (Fsp3) is 0.125. The van der Waals surface area contributed by atoms with Crippen LogP contribution in [0.5, 0.6) is 0 Å². The van der Waals surface area contributed by atoms with Crippen molar-refractivity contribution < 1.29 is 14.7 Å². The quantitative estimate of drug-likeness (QED) is 0.344. The molecule has 5 nitrogen and oxygen atoms in total. The minimum atomic E-state index is -0.697. The third-order valence-corrected chi connectivity index (χ3v) is 5.73. The van der Waals surface area contributed by atoms with E-state index in [1.54, 1.807) is 36.5 Å². The van der Waals surface area contributed by atoms with Crippen molar-refractivity contribution in [2.24, 2.45) is 0 Å². The number of amides is 1. The lowest BCUT2D eigenvalue weighted by Gasteiger charge is -2.26. The SMILES string of the molecule is Cc1ccccc1C1/C(=C(\O)c2ccc(Br)cc2)C(=O)C(=O)N1Cc1ccccn1. The highest BCUT2D eigenvalue weighted by atomic mass is 79.9. The maximum absolute atomic E-state index is 13.0. The van der Waals surface area contributed by atoms with Crippen LogP contribution in [-0.2, 0) is 16.1 Å². The minimum absolute atomic E-state index is 0.0903. The normalized spacial score (nSPS) is 18.1. The van der Waals surface area contributed by atoms with Crippen LogP contribution in [0.25, 0.3) is 5.76 Å². The van der Waals surface area contributed by atoms with Crippen molar-refractivity contribution in [1.29, 1.82) is 0 Å². The Balaban J connectivity index is 1.88. The summed E-state index contributed by atoms with van der Waals surface area (Å²) in [7, 11) is 0. The molecule has 0 bridgehead atoms. The van der Waals surface area contributed by atoms with E-state index in [-0.39, 0.29) is 17.9 Å². The third kappa shape index (κ3) is 3.66. The Hall–Kier alpha value is -3.25. The van der Waals surface area contributed by atoms with Gasteiger partial charge in [0.05, 0.1) is 23.9 Å². The van der Waals surface area contributed by atoms with Crippen LogP contribution < -0.4 is 0 Å². The van der Waals surface area contributed by atoms with Gasteiger partial charge in [-0.3, -0.25) is 14.6 Å². The predicted octanol–water partition coefficient (Wildman–Crippen LogP) is 4.77. The zero-order valence-electron chi connectivity index (χ0n) is 16.2. The van der Waals surface area contributed by atoms with Crippen LogP contribution >= 0.6 is 15.9 Å². The molecule has 150 valence electrons. The fourth-order valence-corrected chi connectivity index (χ4v) is 3.95.